The average molecular weight is 233 g/mol. The van der Waals surface area contributed by atoms with Crippen molar-refractivity contribution >= 4 is 0 Å². The van der Waals surface area contributed by atoms with Crippen molar-refractivity contribution in [3.05, 3.63) is 29.6 Å². The van der Waals surface area contributed by atoms with Crippen molar-refractivity contribution in [1.29, 1.82) is 5.26 Å². The van der Waals surface area contributed by atoms with Gasteiger partial charge in [0.2, 0.25) is 0 Å². The van der Waals surface area contributed by atoms with Gasteiger partial charge in [-0.1, -0.05) is 19.4 Å². The second-order valence-corrected chi connectivity index (χ2v) is 4.64. The lowest BCUT2D eigenvalue weighted by molar-refractivity contribution is 0.102. The van der Waals surface area contributed by atoms with Gasteiger partial charge in [-0.25, -0.2) is 4.39 Å². The maximum absolute atomic E-state index is 13.4. The molecular formula is C14H16FNO. The summed E-state index contributed by atoms with van der Waals surface area (Å²) < 4.78 is 19.2. The standard InChI is InChI=1S/C14H16FNO/c1-10-5-2-3-7-13(10)17-14-8-4-6-12(15)11(14)9-16/h4,6,8,10,13H,2-3,5,7H2,1H3. The van der Waals surface area contributed by atoms with Crippen molar-refractivity contribution in [2.75, 3.05) is 0 Å². The van der Waals surface area contributed by atoms with Gasteiger partial charge in [-0.3, -0.25) is 0 Å². The number of hydrogen-bond donors (Lipinski definition) is 0. The smallest absolute Gasteiger partial charge is 0.144 e. The molecule has 0 bridgehead atoms. The first-order valence-corrected chi connectivity index (χ1v) is 6.07. The summed E-state index contributed by atoms with van der Waals surface area (Å²) in [6.07, 6.45) is 4.61. The first-order chi connectivity index (χ1) is 8.22. The van der Waals surface area contributed by atoms with E-state index in [1.807, 2.05) is 6.07 Å². The lowest BCUT2D eigenvalue weighted by atomic mass is 9.88. The van der Waals surface area contributed by atoms with Crippen LogP contribution in [0.3, 0.4) is 0 Å². The summed E-state index contributed by atoms with van der Waals surface area (Å²) in [5.41, 5.74) is 0.0188. The molecule has 90 valence electrons. The molecule has 1 aromatic rings. The van der Waals surface area contributed by atoms with Gasteiger partial charge in [0.15, 0.2) is 0 Å². The van der Waals surface area contributed by atoms with Crippen molar-refractivity contribution in [3.63, 3.8) is 0 Å². The second-order valence-electron chi connectivity index (χ2n) is 4.64. The number of hydrogen-bond acceptors (Lipinski definition) is 2. The zero-order valence-electron chi connectivity index (χ0n) is 9.95. The Kier molecular flexibility index (Phi) is 3.63. The van der Waals surface area contributed by atoms with Crippen LogP contribution in [0.25, 0.3) is 0 Å². The Bertz CT molecular complexity index is 438. The first kappa shape index (κ1) is 11.9. The van der Waals surface area contributed by atoms with Crippen molar-refractivity contribution in [2.45, 2.75) is 38.7 Å². The minimum atomic E-state index is -0.506. The van der Waals surface area contributed by atoms with Crippen LogP contribution in [0.5, 0.6) is 5.75 Å². The Morgan fingerprint density at radius 2 is 2.12 bits per heavy atom. The number of rotatable bonds is 2. The minimum absolute atomic E-state index is 0.0188. The molecule has 1 aliphatic carbocycles. The SMILES string of the molecule is CC1CCCCC1Oc1cccc(F)c1C#N. The number of ether oxygens (including phenoxy) is 1. The van der Waals surface area contributed by atoms with Crippen LogP contribution in [0.15, 0.2) is 18.2 Å². The van der Waals surface area contributed by atoms with E-state index in [0.29, 0.717) is 11.7 Å². The molecule has 2 nitrogen and oxygen atoms in total. The predicted molar refractivity (Wildman–Crippen MR) is 63.2 cm³/mol. The van der Waals surface area contributed by atoms with Crippen LogP contribution in [0, 0.1) is 23.1 Å². The Hall–Kier alpha value is -1.56. The van der Waals surface area contributed by atoms with Gasteiger partial charge in [-0.15, -0.1) is 0 Å². The normalized spacial score (nSPS) is 24.1. The summed E-state index contributed by atoms with van der Waals surface area (Å²) >= 11 is 0. The lowest BCUT2D eigenvalue weighted by Gasteiger charge is -2.29. The molecule has 0 aliphatic heterocycles. The molecule has 17 heavy (non-hydrogen) atoms. The fourth-order valence-electron chi connectivity index (χ4n) is 2.33. The molecule has 3 heteroatoms. The van der Waals surface area contributed by atoms with Crippen LogP contribution < -0.4 is 4.74 Å². The predicted octanol–water partition coefficient (Wildman–Crippen LogP) is 3.65. The van der Waals surface area contributed by atoms with Gasteiger partial charge in [-0.2, -0.15) is 5.26 Å². The van der Waals surface area contributed by atoms with E-state index < -0.39 is 5.82 Å². The third kappa shape index (κ3) is 2.58. The van der Waals surface area contributed by atoms with Crippen LogP contribution in [-0.4, -0.2) is 6.10 Å². The minimum Gasteiger partial charge on any atom is -0.489 e. The quantitative estimate of drug-likeness (QED) is 0.781. The number of halogens is 1. The van der Waals surface area contributed by atoms with Crippen LogP contribution >= 0.6 is 0 Å². The van der Waals surface area contributed by atoms with E-state index in [1.54, 1.807) is 12.1 Å². The van der Waals surface area contributed by atoms with Crippen LogP contribution in [0.1, 0.15) is 38.2 Å². The zero-order chi connectivity index (χ0) is 12.3. The number of nitrogens with zero attached hydrogens (tertiary/aromatic N) is 1. The average Bonchev–Trinajstić information content (AvgIpc) is 2.32. The van der Waals surface area contributed by atoms with E-state index in [2.05, 4.69) is 6.92 Å². The largest absolute Gasteiger partial charge is 0.489 e. The van der Waals surface area contributed by atoms with Gasteiger partial charge >= 0.3 is 0 Å². The molecule has 2 atom stereocenters. The molecule has 0 aromatic heterocycles. The third-order valence-electron chi connectivity index (χ3n) is 3.40. The Balaban J connectivity index is 2.18. The third-order valence-corrected chi connectivity index (χ3v) is 3.40. The number of benzene rings is 1. The highest BCUT2D eigenvalue weighted by atomic mass is 19.1. The van der Waals surface area contributed by atoms with Crippen molar-refractivity contribution in [3.8, 4) is 11.8 Å². The molecule has 0 heterocycles. The highest BCUT2D eigenvalue weighted by Gasteiger charge is 2.24. The molecule has 2 unspecified atom stereocenters. The molecule has 0 spiro atoms. The highest BCUT2D eigenvalue weighted by molar-refractivity contribution is 5.43. The van der Waals surface area contributed by atoms with Gasteiger partial charge in [0.1, 0.15) is 29.3 Å². The molecule has 1 saturated carbocycles. The number of nitriles is 1. The lowest BCUT2D eigenvalue weighted by Crippen LogP contribution is -2.28. The van der Waals surface area contributed by atoms with E-state index >= 15 is 0 Å². The highest BCUT2D eigenvalue weighted by Crippen LogP contribution is 2.30. The van der Waals surface area contributed by atoms with Gasteiger partial charge < -0.3 is 4.74 Å². The van der Waals surface area contributed by atoms with Crippen molar-refractivity contribution in [1.82, 2.24) is 0 Å². The van der Waals surface area contributed by atoms with Crippen molar-refractivity contribution < 1.29 is 9.13 Å². The summed E-state index contributed by atoms with van der Waals surface area (Å²) in [4.78, 5) is 0. The molecule has 0 saturated heterocycles. The van der Waals surface area contributed by atoms with Crippen LogP contribution in [0.2, 0.25) is 0 Å². The fraction of sp³-hybridized carbons (Fsp3) is 0.500. The van der Waals surface area contributed by atoms with E-state index in [4.69, 9.17) is 10.00 Å². The fourth-order valence-corrected chi connectivity index (χ4v) is 2.33. The molecule has 1 aliphatic rings. The van der Waals surface area contributed by atoms with Gasteiger partial charge in [-0.05, 0) is 37.3 Å². The molecule has 1 aromatic carbocycles. The van der Waals surface area contributed by atoms with Gasteiger partial charge in [0.05, 0.1) is 0 Å². The summed E-state index contributed by atoms with van der Waals surface area (Å²) in [6, 6.07) is 6.41. The molecule has 0 amide bonds. The first-order valence-electron chi connectivity index (χ1n) is 6.07. The molecule has 0 radical (unpaired) electrons. The maximum Gasteiger partial charge on any atom is 0.144 e. The van der Waals surface area contributed by atoms with Crippen LogP contribution in [-0.2, 0) is 0 Å². The maximum atomic E-state index is 13.4. The Labute approximate surface area is 101 Å². The van der Waals surface area contributed by atoms with Crippen molar-refractivity contribution in [2.24, 2.45) is 5.92 Å². The Morgan fingerprint density at radius 1 is 1.35 bits per heavy atom. The monoisotopic (exact) mass is 233 g/mol. The summed E-state index contributed by atoms with van der Waals surface area (Å²) in [5.74, 6) is 0.346. The second kappa shape index (κ2) is 5.18. The van der Waals surface area contributed by atoms with E-state index in [9.17, 15) is 4.39 Å². The van der Waals surface area contributed by atoms with E-state index in [1.165, 1.54) is 12.5 Å². The van der Waals surface area contributed by atoms with Crippen LogP contribution in [0.4, 0.5) is 4.39 Å². The molecule has 2 rings (SSSR count). The zero-order valence-corrected chi connectivity index (χ0v) is 9.95. The molecule has 0 N–H and O–H groups in total. The molecular weight excluding hydrogens is 217 g/mol. The van der Waals surface area contributed by atoms with E-state index in [-0.39, 0.29) is 11.7 Å². The molecule has 1 fully saturated rings. The van der Waals surface area contributed by atoms with Gasteiger partial charge in [0.25, 0.3) is 0 Å². The summed E-state index contributed by atoms with van der Waals surface area (Å²) in [7, 11) is 0. The topological polar surface area (TPSA) is 33.0 Å². The van der Waals surface area contributed by atoms with E-state index in [0.717, 1.165) is 19.3 Å². The summed E-state index contributed by atoms with van der Waals surface area (Å²) in [6.45, 7) is 2.15. The Morgan fingerprint density at radius 3 is 2.82 bits per heavy atom. The van der Waals surface area contributed by atoms with Gasteiger partial charge in [0, 0.05) is 0 Å². The summed E-state index contributed by atoms with van der Waals surface area (Å²) in [5, 5.41) is 8.92.